The maximum Gasteiger partial charge on any atom is 0.251 e. The van der Waals surface area contributed by atoms with Crippen molar-refractivity contribution in [2.45, 2.75) is 44.4 Å². The number of amides is 2. The summed E-state index contributed by atoms with van der Waals surface area (Å²) in [4.78, 5) is 24.5. The molecule has 0 bridgehead atoms. The fraction of sp³-hybridized carbons (Fsp3) is 0.630. The number of aliphatic hydroxyl groups is 1. The van der Waals surface area contributed by atoms with Crippen molar-refractivity contribution in [3.8, 4) is 0 Å². The van der Waals surface area contributed by atoms with Crippen LogP contribution in [0.3, 0.4) is 0 Å². The zero-order valence-electron chi connectivity index (χ0n) is 20.8. The van der Waals surface area contributed by atoms with Crippen LogP contribution in [-0.2, 0) is 23.0 Å². The van der Waals surface area contributed by atoms with Gasteiger partial charge in [0, 0.05) is 75.0 Å². The number of hydrogen-bond acceptors (Lipinski definition) is 4. The van der Waals surface area contributed by atoms with Crippen molar-refractivity contribution >= 4 is 22.7 Å². The molecule has 1 aromatic carbocycles. The van der Waals surface area contributed by atoms with Gasteiger partial charge in [-0.25, -0.2) is 4.39 Å². The number of aliphatic hydroxyl groups excluding tert-OH is 1. The summed E-state index contributed by atoms with van der Waals surface area (Å²) in [6, 6.07) is 5.86. The fourth-order valence-electron chi connectivity index (χ4n) is 6.27. The largest absolute Gasteiger partial charge is 0.396 e. The first-order valence-electron chi connectivity index (χ1n) is 12.8. The molecule has 0 spiro atoms. The normalized spacial score (nSPS) is 21.5. The van der Waals surface area contributed by atoms with Gasteiger partial charge in [-0.1, -0.05) is 0 Å². The summed E-state index contributed by atoms with van der Waals surface area (Å²) in [5.74, 6) is 0.764. The number of aromatic nitrogens is 1. The van der Waals surface area contributed by atoms with Gasteiger partial charge in [-0.2, -0.15) is 0 Å². The molecule has 1 aliphatic carbocycles. The first kappa shape index (κ1) is 25.6. The Morgan fingerprint density at radius 2 is 2.03 bits per heavy atom. The minimum absolute atomic E-state index is 0.00793. The molecule has 192 valence electrons. The average molecular weight is 488 g/mol. The molecule has 2 aromatic rings. The number of benzene rings is 1. The van der Waals surface area contributed by atoms with Crippen LogP contribution in [0.1, 0.15) is 59.6 Å². The van der Waals surface area contributed by atoms with E-state index in [4.69, 9.17) is 4.74 Å². The number of rotatable bonds is 9. The third kappa shape index (κ3) is 5.38. The lowest BCUT2D eigenvalue weighted by Crippen LogP contribution is -2.34. The van der Waals surface area contributed by atoms with Crippen LogP contribution in [0.2, 0.25) is 0 Å². The molecule has 3 N–H and O–H groups in total. The Balaban J connectivity index is 1.71. The molecule has 1 aliphatic heterocycles. The first-order valence-corrected chi connectivity index (χ1v) is 12.8. The molecule has 1 saturated heterocycles. The maximum absolute atomic E-state index is 12.4. The lowest BCUT2D eigenvalue weighted by Gasteiger charge is -2.39. The Morgan fingerprint density at radius 3 is 2.71 bits per heavy atom. The van der Waals surface area contributed by atoms with Gasteiger partial charge in [-0.3, -0.25) is 9.59 Å². The van der Waals surface area contributed by atoms with Gasteiger partial charge >= 0.3 is 0 Å². The monoisotopic (exact) mass is 487 g/mol. The molecule has 3 atom stereocenters. The number of nitrogens with one attached hydrogen (secondary N) is 2. The second-order valence-electron chi connectivity index (χ2n) is 10.0. The minimum atomic E-state index is -0.581. The van der Waals surface area contributed by atoms with E-state index in [0.717, 1.165) is 49.8 Å². The van der Waals surface area contributed by atoms with Gasteiger partial charge in [-0.05, 0) is 73.6 Å². The van der Waals surface area contributed by atoms with E-state index in [1.807, 2.05) is 18.2 Å². The summed E-state index contributed by atoms with van der Waals surface area (Å²) in [5, 5.41) is 16.8. The summed E-state index contributed by atoms with van der Waals surface area (Å²) in [6.45, 7) is 1.01. The van der Waals surface area contributed by atoms with Crippen molar-refractivity contribution in [1.29, 1.82) is 0 Å². The number of carbonyl (C=O) groups is 2. The molecular weight excluding hydrogens is 449 g/mol. The number of carbonyl (C=O) groups excluding carboxylic acids is 2. The Kier molecular flexibility index (Phi) is 8.44. The minimum Gasteiger partial charge on any atom is -0.396 e. The molecule has 1 fully saturated rings. The van der Waals surface area contributed by atoms with Crippen LogP contribution >= 0.6 is 0 Å². The summed E-state index contributed by atoms with van der Waals surface area (Å²) in [6.07, 6.45) is 4.79. The molecule has 2 aliphatic rings. The zero-order chi connectivity index (χ0) is 24.9. The van der Waals surface area contributed by atoms with Gasteiger partial charge in [-0.15, -0.1) is 0 Å². The molecule has 1 aromatic heterocycles. The Morgan fingerprint density at radius 1 is 1.26 bits per heavy atom. The highest BCUT2D eigenvalue weighted by atomic mass is 19.1. The van der Waals surface area contributed by atoms with E-state index in [9.17, 15) is 19.1 Å². The van der Waals surface area contributed by atoms with E-state index in [1.165, 1.54) is 11.3 Å². The quantitative estimate of drug-likeness (QED) is 0.507. The Hall–Kier alpha value is -2.45. The van der Waals surface area contributed by atoms with Gasteiger partial charge < -0.3 is 25.0 Å². The number of alkyl halides is 1. The smallest absolute Gasteiger partial charge is 0.251 e. The maximum atomic E-state index is 12.4. The first-order chi connectivity index (χ1) is 17.0. The van der Waals surface area contributed by atoms with E-state index >= 15 is 0 Å². The van der Waals surface area contributed by atoms with Gasteiger partial charge in [0.15, 0.2) is 0 Å². The molecule has 7 nitrogen and oxygen atoms in total. The van der Waals surface area contributed by atoms with Crippen LogP contribution < -0.4 is 10.6 Å². The number of aryl methyl sites for hydroxylation is 1. The second-order valence-corrected chi connectivity index (χ2v) is 10.0. The van der Waals surface area contributed by atoms with E-state index in [1.54, 1.807) is 7.05 Å². The molecule has 0 radical (unpaired) electrons. The van der Waals surface area contributed by atoms with Gasteiger partial charge in [0.2, 0.25) is 5.91 Å². The standard InChI is InChI=1S/C27H38FN3O4/c1-29-27(34)18-3-5-24-22(13-18)23-15-20(17-7-11-35-12-8-17)14-21(26(23)31(24)2)19(16-32)4-6-25(33)30-10-9-28/h3,5,13,17,19-21,32H,4,6-12,14-16H2,1-2H3,(H,29,34)(H,30,33)/t19-,20?,21?/m1/s1. The van der Waals surface area contributed by atoms with Crippen LogP contribution in [0.15, 0.2) is 18.2 Å². The molecular formula is C27H38FN3O4. The predicted molar refractivity (Wildman–Crippen MR) is 133 cm³/mol. The number of nitrogens with zero attached hydrogens (tertiary/aromatic N) is 1. The Labute approximate surface area is 206 Å². The third-order valence-electron chi connectivity index (χ3n) is 8.11. The van der Waals surface area contributed by atoms with Crippen LogP contribution in [0.25, 0.3) is 10.9 Å². The number of hydrogen-bond donors (Lipinski definition) is 3. The summed E-state index contributed by atoms with van der Waals surface area (Å²) < 4.78 is 20.3. The van der Waals surface area contributed by atoms with Crippen molar-refractivity contribution in [2.24, 2.45) is 24.8 Å². The fourth-order valence-corrected chi connectivity index (χ4v) is 6.27. The molecule has 8 heteroatoms. The van der Waals surface area contributed by atoms with Crippen molar-refractivity contribution in [3.05, 3.63) is 35.0 Å². The molecule has 2 heterocycles. The van der Waals surface area contributed by atoms with E-state index in [-0.39, 0.29) is 43.2 Å². The highest BCUT2D eigenvalue weighted by Crippen LogP contribution is 2.48. The highest BCUT2D eigenvalue weighted by molar-refractivity contribution is 5.99. The van der Waals surface area contributed by atoms with E-state index in [0.29, 0.717) is 23.8 Å². The SMILES string of the molecule is CNC(=O)c1ccc2c(c1)c1c(n2C)C([C@@H](CO)CCC(=O)NCCF)CC(C2CCOCC2)C1. The topological polar surface area (TPSA) is 92.6 Å². The van der Waals surface area contributed by atoms with Crippen LogP contribution in [0.4, 0.5) is 4.39 Å². The summed E-state index contributed by atoms with van der Waals surface area (Å²) in [7, 11) is 3.70. The lowest BCUT2D eigenvalue weighted by atomic mass is 9.67. The van der Waals surface area contributed by atoms with Crippen LogP contribution in [0.5, 0.6) is 0 Å². The molecule has 0 saturated carbocycles. The Bertz CT molecular complexity index is 1050. The number of halogens is 1. The van der Waals surface area contributed by atoms with Gasteiger partial charge in [0.25, 0.3) is 5.91 Å². The molecule has 4 rings (SSSR count). The zero-order valence-corrected chi connectivity index (χ0v) is 20.8. The van der Waals surface area contributed by atoms with Crippen LogP contribution in [-0.4, -0.2) is 61.6 Å². The average Bonchev–Trinajstić information content (AvgIpc) is 3.18. The van der Waals surface area contributed by atoms with Crippen molar-refractivity contribution < 1.29 is 23.8 Å². The van der Waals surface area contributed by atoms with Crippen molar-refractivity contribution in [1.82, 2.24) is 15.2 Å². The molecule has 2 amide bonds. The predicted octanol–water partition coefficient (Wildman–Crippen LogP) is 3.08. The van der Waals surface area contributed by atoms with Gasteiger partial charge in [0.05, 0.1) is 0 Å². The third-order valence-corrected chi connectivity index (χ3v) is 8.11. The van der Waals surface area contributed by atoms with E-state index in [2.05, 4.69) is 22.2 Å². The van der Waals surface area contributed by atoms with E-state index < -0.39 is 6.67 Å². The van der Waals surface area contributed by atoms with Gasteiger partial charge in [0.1, 0.15) is 6.67 Å². The number of ether oxygens (including phenoxy) is 1. The highest BCUT2D eigenvalue weighted by Gasteiger charge is 2.39. The second kappa shape index (κ2) is 11.5. The number of fused-ring (bicyclic) bond motifs is 3. The molecule has 35 heavy (non-hydrogen) atoms. The lowest BCUT2D eigenvalue weighted by molar-refractivity contribution is -0.121. The molecule has 2 unspecified atom stereocenters. The van der Waals surface area contributed by atoms with Crippen molar-refractivity contribution in [2.75, 3.05) is 40.1 Å². The summed E-state index contributed by atoms with van der Waals surface area (Å²) >= 11 is 0. The van der Waals surface area contributed by atoms with Crippen molar-refractivity contribution in [3.63, 3.8) is 0 Å². The van der Waals surface area contributed by atoms with Crippen LogP contribution in [0, 0.1) is 17.8 Å². The summed E-state index contributed by atoms with van der Waals surface area (Å²) in [5.41, 5.74) is 4.20.